The van der Waals surface area contributed by atoms with E-state index in [0.717, 1.165) is 30.8 Å². The van der Waals surface area contributed by atoms with Gasteiger partial charge in [0.05, 0.1) is 5.69 Å². The van der Waals surface area contributed by atoms with Crippen molar-refractivity contribution in [2.75, 3.05) is 31.1 Å². The molecule has 7 nitrogen and oxygen atoms in total. The average Bonchev–Trinajstić information content (AvgIpc) is 3.45. The molecule has 1 saturated heterocycles. The van der Waals surface area contributed by atoms with Crippen molar-refractivity contribution < 1.29 is 13.2 Å². The SMILES string of the molecule is CCNC(=NCCc1coc(-c2ccc(F)cc2)n1)NC1CCN(c2ncccc2F)C1. The van der Waals surface area contributed by atoms with Crippen molar-refractivity contribution in [1.29, 1.82) is 0 Å². The fourth-order valence-electron chi connectivity index (χ4n) is 3.62. The summed E-state index contributed by atoms with van der Waals surface area (Å²) in [6.07, 6.45) is 4.68. The minimum absolute atomic E-state index is 0.145. The molecule has 2 N–H and O–H groups in total. The Kier molecular flexibility index (Phi) is 6.94. The fourth-order valence-corrected chi connectivity index (χ4v) is 3.62. The zero-order chi connectivity index (χ0) is 22.3. The summed E-state index contributed by atoms with van der Waals surface area (Å²) in [6.45, 7) is 4.65. The van der Waals surface area contributed by atoms with Crippen LogP contribution in [0.2, 0.25) is 0 Å². The fraction of sp³-hybridized carbons (Fsp3) is 0.348. The predicted molar refractivity (Wildman–Crippen MR) is 120 cm³/mol. The monoisotopic (exact) mass is 440 g/mol. The van der Waals surface area contributed by atoms with E-state index in [4.69, 9.17) is 4.42 Å². The van der Waals surface area contributed by atoms with E-state index in [9.17, 15) is 8.78 Å². The van der Waals surface area contributed by atoms with Gasteiger partial charge in [-0.2, -0.15) is 0 Å². The van der Waals surface area contributed by atoms with Crippen molar-refractivity contribution in [3.8, 4) is 11.5 Å². The maximum absolute atomic E-state index is 14.0. The highest BCUT2D eigenvalue weighted by molar-refractivity contribution is 5.80. The Balaban J connectivity index is 1.32. The molecule has 9 heteroatoms. The quantitative estimate of drug-likeness (QED) is 0.433. The summed E-state index contributed by atoms with van der Waals surface area (Å²) in [5.74, 6) is 0.960. The van der Waals surface area contributed by atoms with Gasteiger partial charge in [0, 0.05) is 50.4 Å². The topological polar surface area (TPSA) is 78.6 Å². The van der Waals surface area contributed by atoms with Crippen LogP contribution in [-0.2, 0) is 6.42 Å². The lowest BCUT2D eigenvalue weighted by Crippen LogP contribution is -2.44. The number of hydrogen-bond acceptors (Lipinski definition) is 5. The van der Waals surface area contributed by atoms with Crippen LogP contribution in [0.1, 0.15) is 19.0 Å². The summed E-state index contributed by atoms with van der Waals surface area (Å²) >= 11 is 0. The molecule has 168 valence electrons. The molecule has 0 aliphatic carbocycles. The van der Waals surface area contributed by atoms with Gasteiger partial charge < -0.3 is 20.0 Å². The molecule has 0 amide bonds. The molecule has 4 rings (SSSR count). The van der Waals surface area contributed by atoms with Crippen LogP contribution in [0, 0.1) is 11.6 Å². The first-order valence-electron chi connectivity index (χ1n) is 10.7. The van der Waals surface area contributed by atoms with Gasteiger partial charge in [0.25, 0.3) is 0 Å². The summed E-state index contributed by atoms with van der Waals surface area (Å²) in [7, 11) is 0. The van der Waals surface area contributed by atoms with Crippen LogP contribution in [0.4, 0.5) is 14.6 Å². The Morgan fingerprint density at radius 1 is 1.25 bits per heavy atom. The van der Waals surface area contributed by atoms with Crippen molar-refractivity contribution in [3.05, 3.63) is 66.2 Å². The van der Waals surface area contributed by atoms with Gasteiger partial charge in [-0.3, -0.25) is 4.99 Å². The van der Waals surface area contributed by atoms with Gasteiger partial charge >= 0.3 is 0 Å². The molecule has 0 spiro atoms. The molecule has 1 aliphatic rings. The van der Waals surface area contributed by atoms with Crippen LogP contribution in [-0.4, -0.2) is 48.1 Å². The predicted octanol–water partition coefficient (Wildman–Crippen LogP) is 3.39. The first kappa shape index (κ1) is 21.7. The number of guanidine groups is 1. The molecule has 3 heterocycles. The van der Waals surface area contributed by atoms with Gasteiger partial charge in [-0.05, 0) is 49.7 Å². The van der Waals surface area contributed by atoms with Crippen LogP contribution in [0.15, 0.2) is 58.3 Å². The van der Waals surface area contributed by atoms with Crippen molar-refractivity contribution in [2.45, 2.75) is 25.8 Å². The second kappa shape index (κ2) is 10.2. The largest absolute Gasteiger partial charge is 0.444 e. The number of aromatic nitrogens is 2. The Hall–Kier alpha value is -3.49. The first-order valence-corrected chi connectivity index (χ1v) is 10.7. The lowest BCUT2D eigenvalue weighted by molar-refractivity contribution is 0.572. The van der Waals surface area contributed by atoms with E-state index in [2.05, 4.69) is 25.6 Å². The van der Waals surface area contributed by atoms with Gasteiger partial charge in [0.1, 0.15) is 12.1 Å². The molecular weight excluding hydrogens is 414 g/mol. The normalized spacial score (nSPS) is 16.4. The minimum atomic E-state index is -0.304. The second-order valence-electron chi connectivity index (χ2n) is 7.55. The van der Waals surface area contributed by atoms with E-state index in [0.29, 0.717) is 37.2 Å². The molecule has 1 atom stereocenters. The Morgan fingerprint density at radius 3 is 2.88 bits per heavy atom. The Labute approximate surface area is 185 Å². The summed E-state index contributed by atoms with van der Waals surface area (Å²) in [4.78, 5) is 15.2. The summed E-state index contributed by atoms with van der Waals surface area (Å²) in [6, 6.07) is 9.20. The number of anilines is 1. The average molecular weight is 440 g/mol. The lowest BCUT2D eigenvalue weighted by Gasteiger charge is -2.19. The van der Waals surface area contributed by atoms with E-state index in [1.165, 1.54) is 18.2 Å². The lowest BCUT2D eigenvalue weighted by atomic mass is 10.2. The molecule has 0 saturated carbocycles. The molecule has 3 aromatic rings. The van der Waals surface area contributed by atoms with Gasteiger partial charge in [-0.25, -0.2) is 18.7 Å². The summed E-state index contributed by atoms with van der Waals surface area (Å²) in [5.41, 5.74) is 1.51. The van der Waals surface area contributed by atoms with Crippen molar-refractivity contribution in [3.63, 3.8) is 0 Å². The van der Waals surface area contributed by atoms with Crippen molar-refractivity contribution in [2.24, 2.45) is 4.99 Å². The van der Waals surface area contributed by atoms with E-state index < -0.39 is 0 Å². The molecule has 2 aromatic heterocycles. The third-order valence-electron chi connectivity index (χ3n) is 5.19. The number of hydrogen-bond donors (Lipinski definition) is 2. The molecule has 0 bridgehead atoms. The molecular formula is C23H26F2N6O. The van der Waals surface area contributed by atoms with E-state index in [1.807, 2.05) is 11.8 Å². The number of nitrogens with one attached hydrogen (secondary N) is 2. The van der Waals surface area contributed by atoms with Crippen LogP contribution < -0.4 is 15.5 Å². The van der Waals surface area contributed by atoms with E-state index >= 15 is 0 Å². The van der Waals surface area contributed by atoms with Crippen molar-refractivity contribution >= 4 is 11.8 Å². The zero-order valence-corrected chi connectivity index (χ0v) is 17.9. The highest BCUT2D eigenvalue weighted by atomic mass is 19.1. The summed E-state index contributed by atoms with van der Waals surface area (Å²) < 4.78 is 32.6. The highest BCUT2D eigenvalue weighted by Gasteiger charge is 2.25. The molecule has 32 heavy (non-hydrogen) atoms. The van der Waals surface area contributed by atoms with Gasteiger partial charge in [-0.15, -0.1) is 0 Å². The highest BCUT2D eigenvalue weighted by Crippen LogP contribution is 2.21. The number of halogens is 2. The van der Waals surface area contributed by atoms with Crippen LogP contribution >= 0.6 is 0 Å². The number of benzene rings is 1. The Bertz CT molecular complexity index is 1050. The molecule has 0 radical (unpaired) electrons. The number of pyridine rings is 1. The van der Waals surface area contributed by atoms with Crippen LogP contribution in [0.3, 0.4) is 0 Å². The molecule has 1 aromatic carbocycles. The van der Waals surface area contributed by atoms with Crippen LogP contribution in [0.5, 0.6) is 0 Å². The van der Waals surface area contributed by atoms with Gasteiger partial charge in [-0.1, -0.05) is 0 Å². The third kappa shape index (κ3) is 5.40. The zero-order valence-electron chi connectivity index (χ0n) is 17.9. The van der Waals surface area contributed by atoms with Crippen molar-refractivity contribution in [1.82, 2.24) is 20.6 Å². The number of oxazole rings is 1. The minimum Gasteiger partial charge on any atom is -0.444 e. The van der Waals surface area contributed by atoms with E-state index in [-0.39, 0.29) is 17.7 Å². The molecule has 1 fully saturated rings. The second-order valence-corrected chi connectivity index (χ2v) is 7.55. The summed E-state index contributed by atoms with van der Waals surface area (Å²) in [5, 5.41) is 6.68. The third-order valence-corrected chi connectivity index (χ3v) is 5.19. The van der Waals surface area contributed by atoms with E-state index in [1.54, 1.807) is 30.7 Å². The van der Waals surface area contributed by atoms with Gasteiger partial charge in [0.2, 0.25) is 5.89 Å². The number of nitrogens with zero attached hydrogens (tertiary/aromatic N) is 4. The maximum Gasteiger partial charge on any atom is 0.226 e. The van der Waals surface area contributed by atoms with Gasteiger partial charge in [0.15, 0.2) is 17.6 Å². The molecule has 1 unspecified atom stereocenters. The smallest absolute Gasteiger partial charge is 0.226 e. The standard InChI is InChI=1S/C23H26F2N6O/c1-2-26-23(30-18-10-13-31(14-18)21-20(25)4-3-11-27-21)28-12-9-19-15-32-22(29-19)16-5-7-17(24)8-6-16/h3-8,11,15,18H,2,9-10,12-14H2,1H3,(H2,26,28,30). The Morgan fingerprint density at radius 2 is 2.09 bits per heavy atom. The molecule has 1 aliphatic heterocycles. The number of aliphatic imine (C=N–C) groups is 1. The maximum atomic E-state index is 14.0. The van der Waals surface area contributed by atoms with Crippen LogP contribution in [0.25, 0.3) is 11.5 Å². The number of rotatable bonds is 7. The first-order chi connectivity index (χ1) is 15.6.